The van der Waals surface area contributed by atoms with Gasteiger partial charge in [0.2, 0.25) is 21.8 Å². The second kappa shape index (κ2) is 13.3. The molecule has 3 aromatic rings. The highest BCUT2D eigenvalue weighted by Crippen LogP contribution is 2.57. The van der Waals surface area contributed by atoms with Gasteiger partial charge in [-0.25, -0.2) is 13.4 Å². The molecule has 49 heavy (non-hydrogen) atoms. The first-order valence-electron chi connectivity index (χ1n) is 17.6. The summed E-state index contributed by atoms with van der Waals surface area (Å²) in [6.07, 6.45) is 10.1. The van der Waals surface area contributed by atoms with Gasteiger partial charge in [0, 0.05) is 18.8 Å². The third kappa shape index (κ3) is 7.06. The summed E-state index contributed by atoms with van der Waals surface area (Å²) in [4.78, 5) is 49.2. The monoisotopic (exact) mass is 703 g/mol. The van der Waals surface area contributed by atoms with E-state index in [4.69, 9.17) is 4.74 Å². The van der Waals surface area contributed by atoms with Gasteiger partial charge in [0.15, 0.2) is 5.78 Å². The van der Waals surface area contributed by atoms with Crippen molar-refractivity contribution in [2.75, 3.05) is 6.54 Å². The number of thiazole rings is 1. The number of ether oxygens (including phenoxy) is 1. The largest absolute Gasteiger partial charge is 0.465 e. The molecule has 2 saturated carbocycles. The maximum atomic E-state index is 14.5. The number of rotatable bonds is 7. The lowest BCUT2D eigenvalue weighted by Crippen LogP contribution is -2.47. The van der Waals surface area contributed by atoms with Crippen LogP contribution in [-0.4, -0.2) is 59.3 Å². The van der Waals surface area contributed by atoms with E-state index in [1.165, 1.54) is 11.3 Å². The summed E-state index contributed by atoms with van der Waals surface area (Å²) in [6.45, 7) is 3.91. The fourth-order valence-corrected chi connectivity index (χ4v) is 9.83. The molecule has 0 bridgehead atoms. The summed E-state index contributed by atoms with van der Waals surface area (Å²) in [7, 11) is -3.88. The van der Waals surface area contributed by atoms with Gasteiger partial charge in [-0.1, -0.05) is 72.7 Å². The molecular formula is C38H45N3O6S2. The molecule has 2 amide bonds. The van der Waals surface area contributed by atoms with Crippen molar-refractivity contribution in [1.82, 2.24) is 14.6 Å². The van der Waals surface area contributed by atoms with Crippen molar-refractivity contribution in [3.63, 3.8) is 0 Å². The van der Waals surface area contributed by atoms with E-state index < -0.39 is 38.2 Å². The molecule has 2 aromatic carbocycles. The summed E-state index contributed by atoms with van der Waals surface area (Å²) < 4.78 is 35.1. The Morgan fingerprint density at radius 1 is 1.10 bits per heavy atom. The Labute approximate surface area is 292 Å². The average Bonchev–Trinajstić information content (AvgIpc) is 3.88. The van der Waals surface area contributed by atoms with E-state index in [-0.39, 0.29) is 42.9 Å². The van der Waals surface area contributed by atoms with Crippen LogP contribution in [0.5, 0.6) is 5.19 Å². The van der Waals surface area contributed by atoms with Crippen molar-refractivity contribution in [1.29, 1.82) is 0 Å². The van der Waals surface area contributed by atoms with E-state index in [2.05, 4.69) is 21.8 Å². The third-order valence-electron chi connectivity index (χ3n) is 11.1. The molecule has 3 fully saturated rings. The van der Waals surface area contributed by atoms with Crippen molar-refractivity contribution in [2.45, 2.75) is 101 Å². The molecule has 5 atom stereocenters. The summed E-state index contributed by atoms with van der Waals surface area (Å²) in [5.41, 5.74) is 1.88. The van der Waals surface area contributed by atoms with Crippen molar-refractivity contribution in [3.05, 3.63) is 71.8 Å². The van der Waals surface area contributed by atoms with Gasteiger partial charge in [-0.15, -0.1) is 0 Å². The first kappa shape index (κ1) is 33.9. The molecule has 4 aliphatic rings. The Bertz CT molecular complexity index is 1880. The second-order valence-corrected chi connectivity index (χ2v) is 18.1. The third-order valence-corrected chi connectivity index (χ3v) is 14.1. The lowest BCUT2D eigenvalue weighted by atomic mass is 9.90. The van der Waals surface area contributed by atoms with E-state index in [9.17, 15) is 22.8 Å². The number of carbonyl (C=O) groups excluding carboxylic acids is 3. The average molecular weight is 704 g/mol. The quantitative estimate of drug-likeness (QED) is 0.287. The molecule has 0 unspecified atom stereocenters. The smallest absolute Gasteiger partial charge is 0.274 e. The molecule has 260 valence electrons. The van der Waals surface area contributed by atoms with Gasteiger partial charge in [0.25, 0.3) is 5.19 Å². The predicted molar refractivity (Wildman–Crippen MR) is 190 cm³/mol. The van der Waals surface area contributed by atoms with Crippen LogP contribution in [0.4, 0.5) is 0 Å². The van der Waals surface area contributed by atoms with Gasteiger partial charge in [-0.2, -0.15) is 0 Å². The molecule has 2 aliphatic carbocycles. The van der Waals surface area contributed by atoms with Crippen molar-refractivity contribution in [2.24, 2.45) is 17.3 Å². The van der Waals surface area contributed by atoms with Crippen molar-refractivity contribution in [3.8, 4) is 5.19 Å². The zero-order chi connectivity index (χ0) is 34.4. The summed E-state index contributed by atoms with van der Waals surface area (Å²) in [5.74, 6) is -1.45. The van der Waals surface area contributed by atoms with E-state index in [1.54, 1.807) is 11.8 Å². The molecule has 0 radical (unpaired) electrons. The first-order chi connectivity index (χ1) is 23.5. The normalized spacial score (nSPS) is 29.3. The minimum Gasteiger partial charge on any atom is -0.465 e. The standard InChI is InChI=1S/C38H45N3O6S2/c1-25-15-16-30-33(19-25)48-36(39-30)47-29-21-31-32(42)23-38(35(44)40-49(45,46)37(2)17-18-37)22-28(38)14-10-5-3-4-9-13-27(34(43)41(31)24-29)20-26-11-7-6-8-12-26/h6-8,10-12,14-16,19,27-29,31H,3-5,9,13,17-18,20-24H2,1-2H3,(H,40,44)/b14-10-/t27-,28-,29-,31+,38-/m1/s1. The molecule has 1 N–H and O–H groups in total. The maximum absolute atomic E-state index is 14.5. The Balaban J connectivity index is 1.18. The Morgan fingerprint density at radius 3 is 2.67 bits per heavy atom. The van der Waals surface area contributed by atoms with E-state index in [1.807, 2.05) is 55.5 Å². The number of hydrogen-bond acceptors (Lipinski definition) is 8. The zero-order valence-electron chi connectivity index (χ0n) is 28.2. The Kier molecular flexibility index (Phi) is 9.19. The van der Waals surface area contributed by atoms with Gasteiger partial charge in [0.1, 0.15) is 6.10 Å². The molecule has 1 aromatic heterocycles. The van der Waals surface area contributed by atoms with E-state index in [0.717, 1.165) is 47.0 Å². The number of aromatic nitrogens is 1. The van der Waals surface area contributed by atoms with Crippen LogP contribution < -0.4 is 9.46 Å². The number of benzene rings is 2. The zero-order valence-corrected chi connectivity index (χ0v) is 29.9. The number of fused-ring (bicyclic) bond motifs is 3. The number of ketones is 1. The Morgan fingerprint density at radius 2 is 1.90 bits per heavy atom. The van der Waals surface area contributed by atoms with Gasteiger partial charge >= 0.3 is 0 Å². The molecule has 2 aliphatic heterocycles. The molecular weight excluding hydrogens is 659 g/mol. The molecule has 7 rings (SSSR count). The van der Waals surface area contributed by atoms with Gasteiger partial charge in [-0.05, 0) is 88.0 Å². The molecule has 1 saturated heterocycles. The summed E-state index contributed by atoms with van der Waals surface area (Å²) >= 11 is 1.45. The number of nitrogens with one attached hydrogen (secondary N) is 1. The number of carbonyl (C=O) groups is 3. The van der Waals surface area contributed by atoms with Crippen LogP contribution in [0.3, 0.4) is 0 Å². The van der Waals surface area contributed by atoms with Crippen LogP contribution >= 0.6 is 11.3 Å². The highest BCUT2D eigenvalue weighted by Gasteiger charge is 2.62. The highest BCUT2D eigenvalue weighted by atomic mass is 32.2. The van der Waals surface area contributed by atoms with Crippen LogP contribution in [0.25, 0.3) is 10.2 Å². The predicted octanol–water partition coefficient (Wildman–Crippen LogP) is 6.30. The number of hydrogen-bond donors (Lipinski definition) is 1. The number of amides is 2. The van der Waals surface area contributed by atoms with Crippen LogP contribution in [-0.2, 0) is 30.8 Å². The minimum absolute atomic E-state index is 0.0729. The molecule has 3 heterocycles. The summed E-state index contributed by atoms with van der Waals surface area (Å²) in [6, 6.07) is 15.2. The maximum Gasteiger partial charge on any atom is 0.274 e. The molecule has 11 heteroatoms. The number of sulfonamides is 1. The second-order valence-electron chi connectivity index (χ2n) is 14.9. The molecule has 0 spiro atoms. The number of nitrogens with zero attached hydrogens (tertiary/aromatic N) is 2. The summed E-state index contributed by atoms with van der Waals surface area (Å²) in [5, 5.41) is 0.496. The lowest BCUT2D eigenvalue weighted by molar-refractivity contribution is -0.142. The van der Waals surface area contributed by atoms with E-state index in [0.29, 0.717) is 37.3 Å². The minimum atomic E-state index is -3.88. The molecule has 9 nitrogen and oxygen atoms in total. The van der Waals surface area contributed by atoms with Crippen LogP contribution in [0, 0.1) is 24.2 Å². The number of allylic oxidation sites excluding steroid dienone is 2. The number of aryl methyl sites for hydroxylation is 1. The first-order valence-corrected chi connectivity index (χ1v) is 19.9. The highest BCUT2D eigenvalue weighted by molar-refractivity contribution is 7.91. The van der Waals surface area contributed by atoms with Crippen LogP contribution in [0.1, 0.15) is 82.3 Å². The Hall–Kier alpha value is -3.57. The van der Waals surface area contributed by atoms with Gasteiger partial charge < -0.3 is 9.64 Å². The van der Waals surface area contributed by atoms with Crippen LogP contribution in [0.15, 0.2) is 60.7 Å². The number of Topliss-reactive ketones (excluding diaryl/α,β-unsaturated/α-hetero) is 1. The van der Waals surface area contributed by atoms with E-state index >= 15 is 0 Å². The van der Waals surface area contributed by atoms with Crippen LogP contribution in [0.2, 0.25) is 0 Å². The topological polar surface area (TPSA) is 123 Å². The fraction of sp³-hybridized carbons (Fsp3) is 0.526. The van der Waals surface area contributed by atoms with Gasteiger partial charge in [-0.3, -0.25) is 19.1 Å². The van der Waals surface area contributed by atoms with Crippen molar-refractivity contribution >= 4 is 49.2 Å². The SMILES string of the molecule is Cc1ccc2nc(O[C@@H]3C[C@H]4C(=O)C[C@]5(C(=O)NS(=O)(=O)C6(C)CC6)C[C@H]5/C=C\CCCCC[C@H](Cc5ccccc5)C(=O)N4C3)sc2c1. The van der Waals surface area contributed by atoms with Gasteiger partial charge in [0.05, 0.1) is 33.0 Å². The fourth-order valence-electron chi connectivity index (χ4n) is 7.52. The lowest BCUT2D eigenvalue weighted by Gasteiger charge is -2.29. The van der Waals surface area contributed by atoms with Crippen molar-refractivity contribution < 1.29 is 27.5 Å².